The molecule has 2 aromatic rings. The lowest BCUT2D eigenvalue weighted by atomic mass is 10.0. The number of fused-ring (bicyclic) bond motifs is 1. The fourth-order valence-electron chi connectivity index (χ4n) is 3.93. The van der Waals surface area contributed by atoms with Crippen molar-refractivity contribution in [3.63, 3.8) is 0 Å². The Kier molecular flexibility index (Phi) is 10.0. The molecule has 0 aromatic carbocycles. The number of H-pyrrole nitrogens is 1. The van der Waals surface area contributed by atoms with E-state index in [1.54, 1.807) is 0 Å². The smallest absolute Gasteiger partial charge is 0.352 e. The van der Waals surface area contributed by atoms with Crippen molar-refractivity contribution in [1.29, 1.82) is 0 Å². The van der Waals surface area contributed by atoms with E-state index in [4.69, 9.17) is 16.3 Å². The summed E-state index contributed by atoms with van der Waals surface area (Å²) in [6.07, 6.45) is 1.45. The van der Waals surface area contributed by atoms with E-state index < -0.39 is 46.2 Å². The molecular weight excluding hydrogens is 629 g/mol. The number of hydrogen-bond donors (Lipinski definition) is 6. The molecule has 43 heavy (non-hydrogen) atoms. The van der Waals surface area contributed by atoms with Gasteiger partial charge in [-0.2, -0.15) is 0 Å². The van der Waals surface area contributed by atoms with Gasteiger partial charge in [0.2, 0.25) is 5.91 Å². The third-order valence-corrected chi connectivity index (χ3v) is 8.63. The first kappa shape index (κ1) is 31.5. The number of carboxylic acids is 1. The monoisotopic (exact) mass is 652 g/mol. The molecule has 1 fully saturated rings. The van der Waals surface area contributed by atoms with Crippen molar-refractivity contribution in [2.45, 2.75) is 23.1 Å². The highest BCUT2D eigenvalue weighted by atomic mass is 32.2. The van der Waals surface area contributed by atoms with Crippen LogP contribution in [-0.2, 0) is 30.6 Å². The molecule has 2 aromatic heterocycles. The summed E-state index contributed by atoms with van der Waals surface area (Å²) in [6, 6.07) is -1.04. The van der Waals surface area contributed by atoms with Crippen LogP contribution in [0.15, 0.2) is 48.0 Å². The lowest BCUT2D eigenvalue weighted by Crippen LogP contribution is -2.71. The van der Waals surface area contributed by atoms with Gasteiger partial charge in [-0.1, -0.05) is 16.9 Å². The average Bonchev–Trinajstić information content (AvgIpc) is 3.42. The molecule has 18 nitrogen and oxygen atoms in total. The number of aliphatic carboxylic acids is 1. The maximum Gasteiger partial charge on any atom is 0.352 e. The Morgan fingerprint density at radius 2 is 2.12 bits per heavy atom. The number of carbonyl (C=O) groups excluding carboxylic acids is 3. The molecule has 2 atom stereocenters. The number of carboxylic acid groups (broad SMARTS) is 1. The van der Waals surface area contributed by atoms with Gasteiger partial charge in [0.05, 0.1) is 6.54 Å². The number of allylic oxidation sites excluding steroid dienone is 1. The maximum atomic E-state index is 13.0. The van der Waals surface area contributed by atoms with Crippen LogP contribution in [0.4, 0.5) is 5.13 Å². The van der Waals surface area contributed by atoms with Gasteiger partial charge >= 0.3 is 17.1 Å². The van der Waals surface area contributed by atoms with E-state index in [-0.39, 0.29) is 58.4 Å². The van der Waals surface area contributed by atoms with Crippen LogP contribution >= 0.6 is 34.9 Å². The van der Waals surface area contributed by atoms with Crippen LogP contribution in [0, 0.1) is 0 Å². The molecule has 0 saturated carbocycles. The molecule has 2 unspecified atom stereocenters. The highest BCUT2D eigenvalue weighted by Crippen LogP contribution is 2.41. The first-order chi connectivity index (χ1) is 20.6. The minimum absolute atomic E-state index is 0.0100. The van der Waals surface area contributed by atoms with E-state index in [1.165, 1.54) is 35.7 Å². The van der Waals surface area contributed by atoms with Gasteiger partial charge in [0.15, 0.2) is 16.0 Å². The van der Waals surface area contributed by atoms with Gasteiger partial charge in [0.25, 0.3) is 11.8 Å². The predicted molar refractivity (Wildman–Crippen MR) is 156 cm³/mol. The van der Waals surface area contributed by atoms with Crippen LogP contribution in [-0.4, -0.2) is 96.5 Å². The number of oxime groups is 1. The molecule has 3 amide bonds. The third-order valence-electron chi connectivity index (χ3n) is 5.86. The molecule has 4 rings (SSSR count). The lowest BCUT2D eigenvalue weighted by Gasteiger charge is -2.49. The van der Waals surface area contributed by atoms with Crippen LogP contribution in [0.2, 0.25) is 0 Å². The van der Waals surface area contributed by atoms with Gasteiger partial charge < -0.3 is 32.0 Å². The van der Waals surface area contributed by atoms with E-state index in [0.717, 1.165) is 32.6 Å². The second-order valence-corrected chi connectivity index (χ2v) is 11.4. The van der Waals surface area contributed by atoms with E-state index in [0.29, 0.717) is 0 Å². The zero-order chi connectivity index (χ0) is 31.3. The topological polar surface area (TPSA) is 270 Å². The molecule has 0 bridgehead atoms. The number of nitrogens with one attached hydrogen (secondary N) is 3. The normalized spacial score (nSPS) is 18.3. The van der Waals surface area contributed by atoms with Crippen molar-refractivity contribution >= 4 is 69.4 Å². The Hall–Kier alpha value is -4.47. The van der Waals surface area contributed by atoms with Gasteiger partial charge in [-0.25, -0.2) is 14.9 Å². The highest BCUT2D eigenvalue weighted by Gasteiger charge is 2.54. The van der Waals surface area contributed by atoms with E-state index >= 15 is 0 Å². The summed E-state index contributed by atoms with van der Waals surface area (Å²) in [5.41, 5.74) is 8.99. The van der Waals surface area contributed by atoms with E-state index in [9.17, 15) is 33.9 Å². The van der Waals surface area contributed by atoms with Crippen LogP contribution in [0.3, 0.4) is 0 Å². The highest BCUT2D eigenvalue weighted by molar-refractivity contribution is 8.02. The maximum absolute atomic E-state index is 13.0. The van der Waals surface area contributed by atoms with E-state index in [1.807, 2.05) is 0 Å². The minimum Gasteiger partial charge on any atom is -0.477 e. The van der Waals surface area contributed by atoms with Gasteiger partial charge in [-0.3, -0.25) is 33.4 Å². The molecule has 4 heterocycles. The first-order valence-corrected chi connectivity index (χ1v) is 14.9. The number of aromatic nitrogens is 4. The molecular formula is C22H24N10O8S3. The zero-order valence-corrected chi connectivity index (χ0v) is 24.6. The Labute approximate surface area is 253 Å². The van der Waals surface area contributed by atoms with Crippen LogP contribution < -0.4 is 33.2 Å². The quantitative estimate of drug-likeness (QED) is 0.0453. The summed E-state index contributed by atoms with van der Waals surface area (Å²) in [4.78, 5) is 83.5. The molecule has 21 heteroatoms. The van der Waals surface area contributed by atoms with Gasteiger partial charge in [0.1, 0.15) is 29.9 Å². The van der Waals surface area contributed by atoms with Crippen LogP contribution in [0.1, 0.15) is 5.69 Å². The number of nitrogen functional groups attached to an aromatic ring is 1. The fourth-order valence-corrected chi connectivity index (χ4v) is 6.55. The molecule has 8 N–H and O–H groups in total. The first-order valence-electron chi connectivity index (χ1n) is 12.1. The summed E-state index contributed by atoms with van der Waals surface area (Å²) in [5, 5.41) is 27.1. The Morgan fingerprint density at radius 3 is 2.77 bits per heavy atom. The third kappa shape index (κ3) is 6.79. The zero-order valence-electron chi connectivity index (χ0n) is 22.1. The van der Waals surface area contributed by atoms with Gasteiger partial charge in [-0.15, -0.1) is 28.2 Å². The average molecular weight is 653 g/mol. The largest absolute Gasteiger partial charge is 0.477 e. The Balaban J connectivity index is 1.49. The SMILES string of the molecule is CO/N=C(\C(=O)NC1C(=O)N2C(C(=O)O)=C(/C=C/Sc3n[nH]c(=O)c(=O)n3CCNC(=O)CN)CSC12)c1csc(N)n1. The molecule has 0 aliphatic carbocycles. The molecule has 228 valence electrons. The second-order valence-electron chi connectivity index (χ2n) is 8.50. The number of thiazole rings is 1. The number of aromatic amines is 1. The predicted octanol–water partition coefficient (Wildman–Crippen LogP) is -2.56. The number of rotatable bonds is 12. The van der Waals surface area contributed by atoms with Crippen molar-refractivity contribution < 1.29 is 29.1 Å². The number of β-lactam (4-membered cyclic amide) rings is 1. The van der Waals surface area contributed by atoms with Crippen molar-refractivity contribution in [3.05, 3.63) is 54.5 Å². The summed E-state index contributed by atoms with van der Waals surface area (Å²) >= 11 is 3.22. The fraction of sp³-hybridized carbons (Fsp3) is 0.318. The van der Waals surface area contributed by atoms with Crippen LogP contribution in [0.25, 0.3) is 0 Å². The molecule has 1 saturated heterocycles. The summed E-state index contributed by atoms with van der Waals surface area (Å²) < 4.78 is 1.05. The lowest BCUT2D eigenvalue weighted by molar-refractivity contribution is -0.150. The molecule has 2 aliphatic heterocycles. The number of nitrogens with zero attached hydrogens (tertiary/aromatic N) is 5. The summed E-state index contributed by atoms with van der Waals surface area (Å²) in [6.45, 7) is -0.304. The Bertz CT molecular complexity index is 1660. The summed E-state index contributed by atoms with van der Waals surface area (Å²) in [7, 11) is 1.24. The second kappa shape index (κ2) is 13.7. The number of hydrogen-bond acceptors (Lipinski definition) is 15. The van der Waals surface area contributed by atoms with Crippen LogP contribution in [0.5, 0.6) is 0 Å². The number of thioether (sulfide) groups is 2. The molecule has 2 aliphatic rings. The number of nitrogens with two attached hydrogens (primary N) is 2. The Morgan fingerprint density at radius 1 is 1.35 bits per heavy atom. The molecule has 0 spiro atoms. The van der Waals surface area contributed by atoms with Crippen molar-refractivity contribution in [2.75, 3.05) is 31.7 Å². The number of anilines is 1. The summed E-state index contributed by atoms with van der Waals surface area (Å²) in [5.74, 6) is -3.04. The van der Waals surface area contributed by atoms with E-state index in [2.05, 4.69) is 31.0 Å². The minimum atomic E-state index is -1.36. The standard InChI is InChI=1S/C22H24N10O8S3/c1-40-30-12(10-8-43-21(24)26-10)15(34)27-13-17(36)32-14(20(38)39)9(7-42-19(13)32)2-5-41-22-29-28-16(35)18(37)31(22)4-3-25-11(33)6-23/h2,5,8,13,19H,3-4,6-7,23H2,1H3,(H2,24,26)(H,25,33)(H,27,34)(H,28,35)(H,38,39)/b5-2+,30-12-. The molecule has 0 radical (unpaired) electrons. The van der Waals surface area contributed by atoms with Crippen molar-refractivity contribution in [3.8, 4) is 0 Å². The van der Waals surface area contributed by atoms with Gasteiger partial charge in [0, 0.05) is 24.2 Å². The number of carbonyl (C=O) groups is 4. The number of amides is 3. The van der Waals surface area contributed by atoms with Crippen molar-refractivity contribution in [1.82, 2.24) is 35.3 Å². The van der Waals surface area contributed by atoms with Gasteiger partial charge in [-0.05, 0) is 17.1 Å². The van der Waals surface area contributed by atoms with Crippen molar-refractivity contribution in [2.24, 2.45) is 10.9 Å².